The number of hydrogen-bond acceptors (Lipinski definition) is 2. The van der Waals surface area contributed by atoms with Crippen LogP contribution in [-0.2, 0) is 10.2 Å². The van der Waals surface area contributed by atoms with Gasteiger partial charge < -0.3 is 4.74 Å². The maximum Gasteiger partial charge on any atom is 0.0596 e. The molecule has 0 radical (unpaired) electrons. The van der Waals surface area contributed by atoms with E-state index in [2.05, 4.69) is 69.6 Å². The third-order valence-electron chi connectivity index (χ3n) is 4.29. The Labute approximate surface area is 129 Å². The Morgan fingerprint density at radius 1 is 1.16 bits per heavy atom. The number of rotatable bonds is 2. The highest BCUT2D eigenvalue weighted by Crippen LogP contribution is 2.47. The van der Waals surface area contributed by atoms with Crippen LogP contribution >= 0.6 is 27.3 Å². The third-order valence-corrected chi connectivity index (χ3v) is 7.30. The first-order valence-electron chi connectivity index (χ1n) is 7.11. The van der Waals surface area contributed by atoms with Crippen LogP contribution in [0.3, 0.4) is 0 Å². The van der Waals surface area contributed by atoms with E-state index in [0.717, 1.165) is 0 Å². The number of ether oxygens (including phenoxy) is 1. The van der Waals surface area contributed by atoms with Crippen LogP contribution in [-0.4, -0.2) is 12.2 Å². The average Bonchev–Trinajstić information content (AvgIpc) is 2.84. The fourth-order valence-corrected chi connectivity index (χ4v) is 5.34. The third kappa shape index (κ3) is 3.08. The quantitative estimate of drug-likeness (QED) is 0.639. The topological polar surface area (TPSA) is 9.23 Å². The van der Waals surface area contributed by atoms with Crippen molar-refractivity contribution in [3.63, 3.8) is 0 Å². The van der Waals surface area contributed by atoms with Gasteiger partial charge in [0.1, 0.15) is 0 Å². The lowest BCUT2D eigenvalue weighted by atomic mass is 9.86. The molecule has 108 valence electrons. The fraction of sp³-hybridized carbons (Fsp3) is 0.750. The molecule has 5 atom stereocenters. The monoisotopic (exact) mass is 344 g/mol. The van der Waals surface area contributed by atoms with Crippen molar-refractivity contribution in [3.8, 4) is 0 Å². The van der Waals surface area contributed by atoms with Crippen LogP contribution in [0.25, 0.3) is 0 Å². The van der Waals surface area contributed by atoms with Crippen LogP contribution in [0.5, 0.6) is 0 Å². The van der Waals surface area contributed by atoms with Crippen molar-refractivity contribution in [1.82, 2.24) is 0 Å². The summed E-state index contributed by atoms with van der Waals surface area (Å²) in [5.41, 5.74) is 0.242. The van der Waals surface area contributed by atoms with Crippen molar-refractivity contribution in [1.29, 1.82) is 0 Å². The Bertz CT molecular complexity index is 434. The largest absolute Gasteiger partial charge is 0.375 e. The summed E-state index contributed by atoms with van der Waals surface area (Å²) < 4.78 is 5.98. The number of thiophene rings is 1. The molecule has 0 bridgehead atoms. The molecule has 1 aromatic heterocycles. The van der Waals surface area contributed by atoms with Crippen LogP contribution in [0.15, 0.2) is 12.1 Å². The van der Waals surface area contributed by atoms with Crippen LogP contribution in [0, 0.1) is 11.8 Å². The second-order valence-corrected chi connectivity index (χ2v) is 8.94. The van der Waals surface area contributed by atoms with Crippen LogP contribution in [0.4, 0.5) is 0 Å². The normalized spacial score (nSPS) is 33.6. The Morgan fingerprint density at radius 3 is 2.21 bits per heavy atom. The first-order valence-corrected chi connectivity index (χ1v) is 8.84. The number of halogens is 1. The molecule has 0 aliphatic carbocycles. The van der Waals surface area contributed by atoms with E-state index in [9.17, 15) is 0 Å². The summed E-state index contributed by atoms with van der Waals surface area (Å²) in [5.74, 6) is 1.15. The molecule has 5 unspecified atom stereocenters. The molecular weight excluding hydrogens is 320 g/mol. The zero-order chi connectivity index (χ0) is 14.4. The highest BCUT2D eigenvalue weighted by Gasteiger charge is 2.41. The molecule has 0 N–H and O–H groups in total. The van der Waals surface area contributed by atoms with Gasteiger partial charge in [0.05, 0.1) is 17.0 Å². The summed E-state index contributed by atoms with van der Waals surface area (Å²) in [4.78, 5) is 3.30. The van der Waals surface area contributed by atoms with E-state index in [1.165, 1.54) is 9.75 Å². The first kappa shape index (κ1) is 15.5. The van der Waals surface area contributed by atoms with Gasteiger partial charge in [-0.2, -0.15) is 0 Å². The lowest BCUT2D eigenvalue weighted by molar-refractivity contribution is 0.0511. The molecule has 1 fully saturated rings. The van der Waals surface area contributed by atoms with Crippen molar-refractivity contribution in [2.24, 2.45) is 11.8 Å². The Morgan fingerprint density at radius 2 is 1.79 bits per heavy atom. The molecule has 0 saturated carbocycles. The SMILES string of the molecule is CC1OC(C)C(C(Br)c2ccc(C(C)(C)C)s2)C1C. The molecule has 2 rings (SSSR count). The van der Waals surface area contributed by atoms with Gasteiger partial charge in [-0.25, -0.2) is 0 Å². The summed E-state index contributed by atoms with van der Waals surface area (Å²) in [7, 11) is 0. The summed E-state index contributed by atoms with van der Waals surface area (Å²) in [6.07, 6.45) is 0.691. The second-order valence-electron chi connectivity index (χ2n) is 6.84. The van der Waals surface area contributed by atoms with E-state index < -0.39 is 0 Å². The summed E-state index contributed by atoms with van der Waals surface area (Å²) in [5, 5.41) is 0. The predicted molar refractivity (Wildman–Crippen MR) is 87.4 cm³/mol. The first-order chi connectivity index (χ1) is 8.71. The summed E-state index contributed by atoms with van der Waals surface area (Å²) in [6, 6.07) is 4.57. The molecule has 0 aromatic carbocycles. The van der Waals surface area contributed by atoms with Crippen molar-refractivity contribution >= 4 is 27.3 Å². The summed E-state index contributed by atoms with van der Waals surface area (Å²) >= 11 is 5.87. The van der Waals surface area contributed by atoms with Gasteiger partial charge in [-0.3, -0.25) is 0 Å². The Balaban J connectivity index is 2.20. The molecule has 1 saturated heterocycles. The van der Waals surface area contributed by atoms with E-state index in [0.29, 0.717) is 28.9 Å². The molecule has 1 aliphatic rings. The van der Waals surface area contributed by atoms with Gasteiger partial charge in [-0.05, 0) is 37.3 Å². The van der Waals surface area contributed by atoms with Crippen molar-refractivity contribution in [2.45, 2.75) is 64.0 Å². The molecule has 19 heavy (non-hydrogen) atoms. The van der Waals surface area contributed by atoms with Gasteiger partial charge >= 0.3 is 0 Å². The van der Waals surface area contributed by atoms with Gasteiger partial charge in [-0.15, -0.1) is 11.3 Å². The highest BCUT2D eigenvalue weighted by atomic mass is 79.9. The van der Waals surface area contributed by atoms with Crippen molar-refractivity contribution in [3.05, 3.63) is 21.9 Å². The second kappa shape index (κ2) is 5.50. The fourth-order valence-electron chi connectivity index (χ4n) is 2.89. The number of alkyl halides is 1. The Hall–Kier alpha value is 0.140. The van der Waals surface area contributed by atoms with E-state index in [4.69, 9.17) is 4.74 Å². The molecule has 1 aliphatic heterocycles. The zero-order valence-electron chi connectivity index (χ0n) is 12.7. The van der Waals surface area contributed by atoms with E-state index in [-0.39, 0.29) is 5.41 Å². The van der Waals surface area contributed by atoms with Crippen LogP contribution < -0.4 is 0 Å². The lowest BCUT2D eigenvalue weighted by Gasteiger charge is -2.23. The molecule has 1 nitrogen and oxygen atoms in total. The molecular formula is C16H25BrOS. The van der Waals surface area contributed by atoms with Gasteiger partial charge in [0.2, 0.25) is 0 Å². The zero-order valence-corrected chi connectivity index (χ0v) is 15.1. The van der Waals surface area contributed by atoms with E-state index in [1.54, 1.807) is 0 Å². The van der Waals surface area contributed by atoms with Gasteiger partial charge in [0.25, 0.3) is 0 Å². The van der Waals surface area contributed by atoms with Crippen molar-refractivity contribution in [2.75, 3.05) is 0 Å². The van der Waals surface area contributed by atoms with Gasteiger partial charge in [0, 0.05) is 15.7 Å². The lowest BCUT2D eigenvalue weighted by Crippen LogP contribution is -2.21. The number of hydrogen-bond donors (Lipinski definition) is 0. The average molecular weight is 345 g/mol. The van der Waals surface area contributed by atoms with E-state index in [1.807, 2.05) is 11.3 Å². The van der Waals surface area contributed by atoms with Crippen molar-refractivity contribution < 1.29 is 4.74 Å². The highest BCUT2D eigenvalue weighted by molar-refractivity contribution is 9.09. The molecule has 0 amide bonds. The maximum atomic E-state index is 5.98. The van der Waals surface area contributed by atoms with E-state index >= 15 is 0 Å². The standard InChI is InChI=1S/C16H25BrOS/c1-9-10(2)18-11(3)14(9)15(17)12-7-8-13(19-12)16(4,5)6/h7-11,14-15H,1-6H3. The van der Waals surface area contributed by atoms with Crippen LogP contribution in [0.1, 0.15) is 56.1 Å². The molecule has 2 heterocycles. The maximum absolute atomic E-state index is 5.98. The summed E-state index contributed by atoms with van der Waals surface area (Å²) in [6.45, 7) is 13.5. The smallest absolute Gasteiger partial charge is 0.0596 e. The predicted octanol–water partition coefficient (Wildman–Crippen LogP) is 5.54. The van der Waals surface area contributed by atoms with Gasteiger partial charge in [0.15, 0.2) is 0 Å². The minimum Gasteiger partial charge on any atom is -0.375 e. The van der Waals surface area contributed by atoms with Crippen LogP contribution in [0.2, 0.25) is 0 Å². The minimum absolute atomic E-state index is 0.242. The molecule has 3 heteroatoms. The Kier molecular flexibility index (Phi) is 4.49. The molecule has 0 spiro atoms. The van der Waals surface area contributed by atoms with Gasteiger partial charge in [-0.1, -0.05) is 43.6 Å². The minimum atomic E-state index is 0.242. The molecule has 1 aromatic rings.